The third-order valence-corrected chi connectivity index (χ3v) is 1.98. The van der Waals surface area contributed by atoms with Crippen molar-refractivity contribution in [3.8, 4) is 0 Å². The number of aromatic amines is 1. The molecular formula is C9H11BrN2. The maximum atomic E-state index is 4.08. The summed E-state index contributed by atoms with van der Waals surface area (Å²) >= 11 is 3.32. The molecule has 64 valence electrons. The number of aromatic nitrogens is 2. The number of alkyl halides is 1. The fraction of sp³-hybridized carbons (Fsp3) is 0.222. The van der Waals surface area contributed by atoms with Crippen LogP contribution in [-0.4, -0.2) is 15.5 Å². The lowest BCUT2D eigenvalue weighted by Gasteiger charge is -1.90. The van der Waals surface area contributed by atoms with Gasteiger partial charge in [-0.15, -0.1) is 0 Å². The highest BCUT2D eigenvalue weighted by atomic mass is 79.9. The zero-order valence-electron chi connectivity index (χ0n) is 6.97. The first-order valence-corrected chi connectivity index (χ1v) is 4.81. The van der Waals surface area contributed by atoms with E-state index in [1.165, 1.54) is 0 Å². The van der Waals surface area contributed by atoms with E-state index in [2.05, 4.69) is 32.7 Å². The number of rotatable bonds is 3. The molecule has 0 aliphatic rings. The summed E-state index contributed by atoms with van der Waals surface area (Å²) in [5, 5.41) is 7.83. The quantitative estimate of drug-likeness (QED) is 0.790. The molecular weight excluding hydrogens is 216 g/mol. The zero-order chi connectivity index (χ0) is 8.97. The van der Waals surface area contributed by atoms with Crippen molar-refractivity contribution >= 4 is 28.1 Å². The SMILES string of the molecule is C=Cc1[nH]nc(C)c1/C=C\CBr. The lowest BCUT2D eigenvalue weighted by Crippen LogP contribution is -1.77. The zero-order valence-corrected chi connectivity index (χ0v) is 8.56. The van der Waals surface area contributed by atoms with Crippen LogP contribution in [0.5, 0.6) is 0 Å². The third-order valence-electron chi connectivity index (χ3n) is 1.60. The second kappa shape index (κ2) is 4.26. The van der Waals surface area contributed by atoms with Crippen molar-refractivity contribution in [3.63, 3.8) is 0 Å². The van der Waals surface area contributed by atoms with E-state index in [1.807, 2.05) is 19.1 Å². The number of halogens is 1. The molecule has 0 saturated carbocycles. The number of allylic oxidation sites excluding steroid dienone is 1. The van der Waals surface area contributed by atoms with Crippen molar-refractivity contribution in [2.75, 3.05) is 5.33 Å². The van der Waals surface area contributed by atoms with Crippen molar-refractivity contribution in [1.29, 1.82) is 0 Å². The number of nitrogens with one attached hydrogen (secondary N) is 1. The van der Waals surface area contributed by atoms with Gasteiger partial charge in [0.05, 0.1) is 11.4 Å². The summed E-state index contributed by atoms with van der Waals surface area (Å²) in [7, 11) is 0. The van der Waals surface area contributed by atoms with Crippen LogP contribution in [-0.2, 0) is 0 Å². The molecule has 1 aromatic heterocycles. The van der Waals surface area contributed by atoms with E-state index in [4.69, 9.17) is 0 Å². The van der Waals surface area contributed by atoms with Crippen LogP contribution in [0.3, 0.4) is 0 Å². The Morgan fingerprint density at radius 2 is 2.42 bits per heavy atom. The molecule has 2 nitrogen and oxygen atoms in total. The Morgan fingerprint density at radius 1 is 1.67 bits per heavy atom. The van der Waals surface area contributed by atoms with Gasteiger partial charge < -0.3 is 0 Å². The topological polar surface area (TPSA) is 28.7 Å². The first kappa shape index (κ1) is 9.26. The normalized spacial score (nSPS) is 10.8. The average molecular weight is 227 g/mol. The highest BCUT2D eigenvalue weighted by Crippen LogP contribution is 2.13. The van der Waals surface area contributed by atoms with Crippen LogP contribution in [0.2, 0.25) is 0 Å². The number of nitrogens with zero attached hydrogens (tertiary/aromatic N) is 1. The molecule has 0 fully saturated rings. The van der Waals surface area contributed by atoms with E-state index < -0.39 is 0 Å². The van der Waals surface area contributed by atoms with Crippen molar-refractivity contribution in [3.05, 3.63) is 29.6 Å². The molecule has 0 aliphatic heterocycles. The van der Waals surface area contributed by atoms with E-state index in [0.717, 1.165) is 22.3 Å². The molecule has 0 spiro atoms. The van der Waals surface area contributed by atoms with Gasteiger partial charge >= 0.3 is 0 Å². The predicted molar refractivity (Wildman–Crippen MR) is 56.2 cm³/mol. The molecule has 1 rings (SSSR count). The maximum absolute atomic E-state index is 4.08. The summed E-state index contributed by atoms with van der Waals surface area (Å²) in [4.78, 5) is 0. The predicted octanol–water partition coefficient (Wildman–Crippen LogP) is 2.77. The second-order valence-electron chi connectivity index (χ2n) is 2.40. The molecule has 0 radical (unpaired) electrons. The van der Waals surface area contributed by atoms with E-state index in [0.29, 0.717) is 0 Å². The standard InChI is InChI=1S/C9H11BrN2/c1-3-9-8(5-4-6-10)7(2)11-12-9/h3-5H,1,6H2,2H3,(H,11,12)/b5-4-. The van der Waals surface area contributed by atoms with Crippen LogP contribution in [0.1, 0.15) is 17.0 Å². The Kier molecular flexibility index (Phi) is 3.29. The second-order valence-corrected chi connectivity index (χ2v) is 3.04. The van der Waals surface area contributed by atoms with E-state index in [1.54, 1.807) is 6.08 Å². The molecule has 0 bridgehead atoms. The molecule has 12 heavy (non-hydrogen) atoms. The fourth-order valence-corrected chi connectivity index (χ4v) is 1.17. The summed E-state index contributed by atoms with van der Waals surface area (Å²) in [6.45, 7) is 5.67. The molecule has 1 aromatic rings. The molecule has 0 amide bonds. The van der Waals surface area contributed by atoms with Crippen molar-refractivity contribution in [1.82, 2.24) is 10.2 Å². The summed E-state index contributed by atoms with van der Waals surface area (Å²) in [5.41, 5.74) is 3.09. The van der Waals surface area contributed by atoms with Crippen molar-refractivity contribution in [2.45, 2.75) is 6.92 Å². The summed E-state index contributed by atoms with van der Waals surface area (Å²) in [6, 6.07) is 0. The molecule has 0 atom stereocenters. The summed E-state index contributed by atoms with van der Waals surface area (Å²) < 4.78 is 0. The van der Waals surface area contributed by atoms with Gasteiger partial charge in [0.1, 0.15) is 0 Å². The van der Waals surface area contributed by atoms with Gasteiger partial charge in [0, 0.05) is 10.9 Å². The van der Waals surface area contributed by atoms with Gasteiger partial charge in [-0.2, -0.15) is 5.10 Å². The molecule has 0 aliphatic carbocycles. The number of aryl methyl sites for hydroxylation is 1. The Morgan fingerprint density at radius 3 is 3.00 bits per heavy atom. The number of H-pyrrole nitrogens is 1. The lowest BCUT2D eigenvalue weighted by molar-refractivity contribution is 1.04. The van der Waals surface area contributed by atoms with Crippen LogP contribution >= 0.6 is 15.9 Å². The van der Waals surface area contributed by atoms with Crippen LogP contribution in [0.4, 0.5) is 0 Å². The largest absolute Gasteiger partial charge is 0.278 e. The minimum absolute atomic E-state index is 0.855. The van der Waals surface area contributed by atoms with Crippen molar-refractivity contribution in [2.24, 2.45) is 0 Å². The van der Waals surface area contributed by atoms with Crippen LogP contribution in [0, 0.1) is 6.92 Å². The van der Waals surface area contributed by atoms with Gasteiger partial charge in [0.25, 0.3) is 0 Å². The number of hydrogen-bond acceptors (Lipinski definition) is 1. The monoisotopic (exact) mass is 226 g/mol. The Labute approximate surface area is 80.5 Å². The molecule has 1 heterocycles. The van der Waals surface area contributed by atoms with Gasteiger partial charge in [0.2, 0.25) is 0 Å². The van der Waals surface area contributed by atoms with E-state index in [-0.39, 0.29) is 0 Å². The maximum Gasteiger partial charge on any atom is 0.0669 e. The first-order chi connectivity index (χ1) is 5.79. The Balaban J connectivity index is 3.01. The van der Waals surface area contributed by atoms with Crippen molar-refractivity contribution < 1.29 is 0 Å². The number of hydrogen-bond donors (Lipinski definition) is 1. The highest BCUT2D eigenvalue weighted by molar-refractivity contribution is 9.09. The molecule has 0 aromatic carbocycles. The first-order valence-electron chi connectivity index (χ1n) is 3.69. The van der Waals surface area contributed by atoms with Gasteiger partial charge in [-0.3, -0.25) is 5.10 Å². The fourth-order valence-electron chi connectivity index (χ4n) is 0.988. The summed E-state index contributed by atoms with van der Waals surface area (Å²) in [6.07, 6.45) is 5.84. The Bertz CT molecular complexity index is 299. The van der Waals surface area contributed by atoms with Gasteiger partial charge in [0.15, 0.2) is 0 Å². The van der Waals surface area contributed by atoms with Gasteiger partial charge in [-0.1, -0.05) is 34.7 Å². The minimum Gasteiger partial charge on any atom is -0.278 e. The van der Waals surface area contributed by atoms with Gasteiger partial charge in [-0.05, 0) is 13.0 Å². The molecule has 0 saturated heterocycles. The smallest absolute Gasteiger partial charge is 0.0669 e. The lowest BCUT2D eigenvalue weighted by atomic mass is 10.2. The van der Waals surface area contributed by atoms with Crippen LogP contribution in [0.25, 0.3) is 12.2 Å². The van der Waals surface area contributed by atoms with Crippen LogP contribution < -0.4 is 0 Å². The van der Waals surface area contributed by atoms with Gasteiger partial charge in [-0.25, -0.2) is 0 Å². The molecule has 1 N–H and O–H groups in total. The Hall–Kier alpha value is -0.830. The molecule has 0 unspecified atom stereocenters. The van der Waals surface area contributed by atoms with E-state index >= 15 is 0 Å². The highest BCUT2D eigenvalue weighted by Gasteiger charge is 2.01. The molecule has 3 heteroatoms. The minimum atomic E-state index is 0.855. The summed E-state index contributed by atoms with van der Waals surface area (Å²) in [5.74, 6) is 0. The third kappa shape index (κ3) is 1.85. The van der Waals surface area contributed by atoms with Crippen LogP contribution in [0.15, 0.2) is 12.7 Å². The average Bonchev–Trinajstić information content (AvgIpc) is 2.43. The van der Waals surface area contributed by atoms with E-state index in [9.17, 15) is 0 Å².